The molecule has 1 aliphatic heterocycles. The highest BCUT2D eigenvalue weighted by Gasteiger charge is 2.28. The average Bonchev–Trinajstić information content (AvgIpc) is 3.21. The van der Waals surface area contributed by atoms with Gasteiger partial charge < -0.3 is 14.8 Å². The molecule has 2 amide bonds. The van der Waals surface area contributed by atoms with Crippen molar-refractivity contribution in [2.24, 2.45) is 0 Å². The Morgan fingerprint density at radius 1 is 1.06 bits per heavy atom. The second-order valence-electron chi connectivity index (χ2n) is 7.95. The van der Waals surface area contributed by atoms with E-state index in [0.717, 1.165) is 16.8 Å². The van der Waals surface area contributed by atoms with Crippen molar-refractivity contribution in [2.45, 2.75) is 26.1 Å². The van der Waals surface area contributed by atoms with Gasteiger partial charge >= 0.3 is 0 Å². The van der Waals surface area contributed by atoms with Crippen LogP contribution in [0.2, 0.25) is 0 Å². The van der Waals surface area contributed by atoms with Gasteiger partial charge in [-0.05, 0) is 42.8 Å². The van der Waals surface area contributed by atoms with Crippen LogP contribution < -0.4 is 5.32 Å². The van der Waals surface area contributed by atoms with Crippen molar-refractivity contribution in [1.82, 2.24) is 24.8 Å². The van der Waals surface area contributed by atoms with Crippen molar-refractivity contribution in [2.75, 3.05) is 6.54 Å². The van der Waals surface area contributed by atoms with Crippen LogP contribution >= 0.6 is 0 Å². The van der Waals surface area contributed by atoms with Crippen LogP contribution in [0.3, 0.4) is 0 Å². The molecule has 0 spiro atoms. The predicted octanol–water partition coefficient (Wildman–Crippen LogP) is 3.58. The fourth-order valence-electron chi connectivity index (χ4n) is 4.07. The summed E-state index contributed by atoms with van der Waals surface area (Å²) in [5.74, 6) is 0.126. The second-order valence-corrected chi connectivity index (χ2v) is 7.95. The Morgan fingerprint density at radius 3 is 2.66 bits per heavy atom. The Kier molecular flexibility index (Phi) is 5.15. The predicted molar refractivity (Wildman–Crippen MR) is 121 cm³/mol. The molecule has 0 unspecified atom stereocenters. The van der Waals surface area contributed by atoms with Crippen molar-refractivity contribution < 1.29 is 9.59 Å². The molecule has 0 bridgehead atoms. The minimum Gasteiger partial charge on any atom is -0.344 e. The van der Waals surface area contributed by atoms with Crippen molar-refractivity contribution in [3.8, 4) is 0 Å². The maximum atomic E-state index is 13.1. The number of fused-ring (bicyclic) bond motifs is 3. The standard InChI is InChI=1S/C25H23N5O2/c1-17(20-9-5-6-12-26-20)27-24(31)19-10-11-22-21(15-19)28-23-25(32)29(13-14-30(22)23)16-18-7-3-2-4-8-18/h2-12,15,17H,13-14,16H2,1H3,(H,27,31)/t17-/m0/s1. The molecule has 32 heavy (non-hydrogen) atoms. The fraction of sp³-hybridized carbons (Fsp3) is 0.200. The van der Waals surface area contributed by atoms with Crippen LogP contribution in [0.4, 0.5) is 0 Å². The van der Waals surface area contributed by atoms with Gasteiger partial charge in [-0.2, -0.15) is 0 Å². The number of hydrogen-bond donors (Lipinski definition) is 1. The van der Waals surface area contributed by atoms with Crippen LogP contribution in [0, 0.1) is 0 Å². The Labute approximate surface area is 185 Å². The van der Waals surface area contributed by atoms with Gasteiger partial charge in [-0.25, -0.2) is 4.98 Å². The molecule has 0 saturated carbocycles. The Hall–Kier alpha value is -4.00. The van der Waals surface area contributed by atoms with Crippen LogP contribution in [0.15, 0.2) is 72.9 Å². The summed E-state index contributed by atoms with van der Waals surface area (Å²) in [4.78, 5) is 36.6. The van der Waals surface area contributed by atoms with Crippen LogP contribution in [0.5, 0.6) is 0 Å². The Balaban J connectivity index is 1.37. The van der Waals surface area contributed by atoms with E-state index in [9.17, 15) is 9.59 Å². The highest BCUT2D eigenvalue weighted by molar-refractivity contribution is 6.00. The van der Waals surface area contributed by atoms with E-state index in [4.69, 9.17) is 0 Å². The number of nitrogens with one attached hydrogen (secondary N) is 1. The number of aromatic nitrogens is 3. The van der Waals surface area contributed by atoms with Crippen LogP contribution in [-0.4, -0.2) is 37.8 Å². The molecule has 0 radical (unpaired) electrons. The highest BCUT2D eigenvalue weighted by atomic mass is 16.2. The van der Waals surface area contributed by atoms with Gasteiger partial charge in [0.05, 0.1) is 22.8 Å². The highest BCUT2D eigenvalue weighted by Crippen LogP contribution is 2.23. The van der Waals surface area contributed by atoms with Crippen molar-refractivity contribution in [3.63, 3.8) is 0 Å². The smallest absolute Gasteiger partial charge is 0.290 e. The van der Waals surface area contributed by atoms with E-state index in [0.29, 0.717) is 36.5 Å². The molecule has 1 atom stereocenters. The lowest BCUT2D eigenvalue weighted by Gasteiger charge is -2.27. The third-order valence-electron chi connectivity index (χ3n) is 5.78. The quantitative estimate of drug-likeness (QED) is 0.530. The first-order chi connectivity index (χ1) is 15.6. The lowest BCUT2D eigenvalue weighted by atomic mass is 10.1. The van der Waals surface area contributed by atoms with E-state index >= 15 is 0 Å². The number of carbonyl (C=O) groups excluding carboxylic acids is 2. The van der Waals surface area contributed by atoms with Gasteiger partial charge in [0.1, 0.15) is 0 Å². The first kappa shape index (κ1) is 19.9. The van der Waals surface area contributed by atoms with E-state index in [1.54, 1.807) is 18.3 Å². The average molecular weight is 425 g/mol. The summed E-state index contributed by atoms with van der Waals surface area (Å²) < 4.78 is 1.94. The SMILES string of the molecule is C[C@H](NC(=O)c1ccc2c(c1)nc1n2CCN(Cc2ccccc2)C1=O)c1ccccn1. The van der Waals surface area contributed by atoms with Crippen LogP contribution in [0.25, 0.3) is 11.0 Å². The van der Waals surface area contributed by atoms with E-state index < -0.39 is 0 Å². The van der Waals surface area contributed by atoms with Gasteiger partial charge in [-0.15, -0.1) is 0 Å². The molecule has 4 aromatic rings. The summed E-state index contributed by atoms with van der Waals surface area (Å²) in [5.41, 5.74) is 3.90. The van der Waals surface area contributed by atoms with Gasteiger partial charge in [0.25, 0.3) is 11.8 Å². The summed E-state index contributed by atoms with van der Waals surface area (Å²) in [6.07, 6.45) is 1.71. The Bertz CT molecular complexity index is 1280. The van der Waals surface area contributed by atoms with Crippen molar-refractivity contribution in [1.29, 1.82) is 0 Å². The van der Waals surface area contributed by atoms with Crippen molar-refractivity contribution in [3.05, 3.63) is 95.6 Å². The van der Waals surface area contributed by atoms with Crippen LogP contribution in [-0.2, 0) is 13.1 Å². The van der Waals surface area contributed by atoms with Crippen molar-refractivity contribution >= 4 is 22.8 Å². The third kappa shape index (κ3) is 3.73. The van der Waals surface area contributed by atoms with Gasteiger partial charge in [0.15, 0.2) is 5.82 Å². The van der Waals surface area contributed by atoms with Gasteiger partial charge in [-0.1, -0.05) is 36.4 Å². The van der Waals surface area contributed by atoms with E-state index in [2.05, 4.69) is 15.3 Å². The number of rotatable bonds is 5. The normalized spacial score (nSPS) is 14.3. The Morgan fingerprint density at radius 2 is 1.88 bits per heavy atom. The van der Waals surface area contributed by atoms with Gasteiger partial charge in [-0.3, -0.25) is 14.6 Å². The number of pyridine rings is 1. The van der Waals surface area contributed by atoms with E-state index in [-0.39, 0.29) is 17.9 Å². The minimum absolute atomic E-state index is 0.0916. The molecule has 7 heteroatoms. The zero-order valence-corrected chi connectivity index (χ0v) is 17.7. The largest absolute Gasteiger partial charge is 0.344 e. The van der Waals surface area contributed by atoms with E-state index in [1.165, 1.54) is 0 Å². The lowest BCUT2D eigenvalue weighted by molar-refractivity contribution is 0.0685. The van der Waals surface area contributed by atoms with E-state index in [1.807, 2.05) is 71.0 Å². The minimum atomic E-state index is -0.220. The molecule has 0 aliphatic carbocycles. The molecule has 3 heterocycles. The molecule has 0 fully saturated rings. The zero-order valence-electron chi connectivity index (χ0n) is 17.7. The first-order valence-corrected chi connectivity index (χ1v) is 10.7. The number of carbonyl (C=O) groups is 2. The topological polar surface area (TPSA) is 80.1 Å². The van der Waals surface area contributed by atoms with Gasteiger partial charge in [0, 0.05) is 31.4 Å². The number of imidazole rings is 1. The number of amides is 2. The monoisotopic (exact) mass is 425 g/mol. The molecule has 1 aliphatic rings. The summed E-state index contributed by atoms with van der Waals surface area (Å²) >= 11 is 0. The maximum absolute atomic E-state index is 13.1. The molecular formula is C25H23N5O2. The number of benzene rings is 2. The molecule has 5 rings (SSSR count). The third-order valence-corrected chi connectivity index (χ3v) is 5.78. The summed E-state index contributed by atoms with van der Waals surface area (Å²) in [6, 6.07) is 20.7. The lowest BCUT2D eigenvalue weighted by Crippen LogP contribution is -2.39. The molecule has 1 N–H and O–H groups in total. The molecule has 2 aromatic carbocycles. The molecule has 2 aromatic heterocycles. The van der Waals surface area contributed by atoms with Gasteiger partial charge in [0.2, 0.25) is 0 Å². The molecule has 0 saturated heterocycles. The fourth-order valence-corrected chi connectivity index (χ4v) is 4.07. The number of nitrogens with zero attached hydrogens (tertiary/aromatic N) is 4. The molecule has 160 valence electrons. The maximum Gasteiger partial charge on any atom is 0.290 e. The zero-order chi connectivity index (χ0) is 22.1. The van der Waals surface area contributed by atoms with Crippen LogP contribution in [0.1, 0.15) is 45.2 Å². The number of hydrogen-bond acceptors (Lipinski definition) is 4. The first-order valence-electron chi connectivity index (χ1n) is 10.7. The second kappa shape index (κ2) is 8.26. The summed E-state index contributed by atoms with van der Waals surface area (Å²) in [6.45, 7) is 3.75. The molecular weight excluding hydrogens is 402 g/mol. The summed E-state index contributed by atoms with van der Waals surface area (Å²) in [7, 11) is 0. The molecule has 7 nitrogen and oxygen atoms in total. The summed E-state index contributed by atoms with van der Waals surface area (Å²) in [5, 5.41) is 2.97.